The summed E-state index contributed by atoms with van der Waals surface area (Å²) in [6.07, 6.45) is 6.57. The van der Waals surface area contributed by atoms with Crippen molar-refractivity contribution >= 4 is 17.4 Å². The summed E-state index contributed by atoms with van der Waals surface area (Å²) in [6.45, 7) is 4.09. The lowest BCUT2D eigenvalue weighted by molar-refractivity contribution is 0.461. The van der Waals surface area contributed by atoms with E-state index in [2.05, 4.69) is 14.9 Å². The molecular weight excluding hydrogens is 298 g/mol. The molecule has 2 heterocycles. The third kappa shape index (κ3) is 3.69. The van der Waals surface area contributed by atoms with Gasteiger partial charge in [-0.05, 0) is 37.5 Å². The van der Waals surface area contributed by atoms with E-state index in [-0.39, 0.29) is 0 Å². The number of halogens is 1. The fourth-order valence-corrected chi connectivity index (χ4v) is 2.82. The van der Waals surface area contributed by atoms with Crippen molar-refractivity contribution in [2.24, 2.45) is 0 Å². The summed E-state index contributed by atoms with van der Waals surface area (Å²) in [5, 5.41) is 0.584. The first-order valence-electron chi connectivity index (χ1n) is 7.73. The van der Waals surface area contributed by atoms with Crippen LogP contribution in [0.25, 0.3) is 0 Å². The van der Waals surface area contributed by atoms with Crippen LogP contribution < -0.4 is 9.64 Å². The maximum absolute atomic E-state index is 6.18. The Kier molecular flexibility index (Phi) is 4.78. The van der Waals surface area contributed by atoms with Gasteiger partial charge in [-0.25, -0.2) is 9.97 Å². The minimum atomic E-state index is 0.529. The molecule has 1 aromatic carbocycles. The van der Waals surface area contributed by atoms with Crippen molar-refractivity contribution in [3.63, 3.8) is 0 Å². The number of rotatable bonds is 3. The van der Waals surface area contributed by atoms with Crippen molar-refractivity contribution < 1.29 is 4.74 Å². The van der Waals surface area contributed by atoms with Crippen molar-refractivity contribution in [1.29, 1.82) is 0 Å². The number of hydrogen-bond acceptors (Lipinski definition) is 4. The molecule has 5 heteroatoms. The normalized spacial score (nSPS) is 15.5. The standard InChI is InChI=1S/C17H20ClN3O/c1-13-6-7-14(18)15(10-13)22-17-11-16(19-12-20-17)21-8-4-2-3-5-9-21/h6-7,10-12H,2-5,8-9H2,1H3. The Balaban J connectivity index is 1.80. The molecule has 0 atom stereocenters. The highest BCUT2D eigenvalue weighted by Crippen LogP contribution is 2.30. The van der Waals surface area contributed by atoms with Crippen LogP contribution in [0.2, 0.25) is 5.02 Å². The van der Waals surface area contributed by atoms with Crippen LogP contribution in [0.5, 0.6) is 11.6 Å². The predicted octanol–water partition coefficient (Wildman–Crippen LogP) is 4.61. The molecule has 22 heavy (non-hydrogen) atoms. The minimum Gasteiger partial charge on any atom is -0.437 e. The number of ether oxygens (including phenoxy) is 1. The van der Waals surface area contributed by atoms with Gasteiger partial charge in [-0.15, -0.1) is 0 Å². The van der Waals surface area contributed by atoms with Crippen LogP contribution in [0.15, 0.2) is 30.6 Å². The number of benzene rings is 1. The Bertz CT molecular complexity index is 640. The number of anilines is 1. The highest BCUT2D eigenvalue weighted by Gasteiger charge is 2.13. The second-order valence-electron chi connectivity index (χ2n) is 5.65. The van der Waals surface area contributed by atoms with Crippen LogP contribution in [-0.4, -0.2) is 23.1 Å². The lowest BCUT2D eigenvalue weighted by Gasteiger charge is -2.21. The first-order valence-corrected chi connectivity index (χ1v) is 8.11. The van der Waals surface area contributed by atoms with Crippen LogP contribution in [-0.2, 0) is 0 Å². The summed E-state index contributed by atoms with van der Waals surface area (Å²) in [7, 11) is 0. The maximum atomic E-state index is 6.18. The van der Waals surface area contributed by atoms with E-state index >= 15 is 0 Å². The third-order valence-corrected chi connectivity index (χ3v) is 4.17. The molecule has 0 amide bonds. The largest absolute Gasteiger partial charge is 0.437 e. The van der Waals surface area contributed by atoms with E-state index in [1.54, 1.807) is 6.33 Å². The molecule has 3 rings (SSSR count). The van der Waals surface area contributed by atoms with Gasteiger partial charge in [-0.1, -0.05) is 30.5 Å². The molecule has 116 valence electrons. The lowest BCUT2D eigenvalue weighted by Crippen LogP contribution is -2.24. The van der Waals surface area contributed by atoms with Crippen molar-refractivity contribution in [3.05, 3.63) is 41.2 Å². The molecule has 0 unspecified atom stereocenters. The smallest absolute Gasteiger partial charge is 0.224 e. The van der Waals surface area contributed by atoms with E-state index < -0.39 is 0 Å². The summed E-state index contributed by atoms with van der Waals surface area (Å²) in [5.74, 6) is 2.08. The van der Waals surface area contributed by atoms with Gasteiger partial charge in [0.25, 0.3) is 0 Å². The van der Waals surface area contributed by atoms with Gasteiger partial charge in [0.05, 0.1) is 5.02 Å². The Labute approximate surface area is 136 Å². The summed E-state index contributed by atoms with van der Waals surface area (Å²) in [6, 6.07) is 7.60. The number of hydrogen-bond donors (Lipinski definition) is 0. The second kappa shape index (κ2) is 6.97. The van der Waals surface area contributed by atoms with Crippen molar-refractivity contribution in [2.75, 3.05) is 18.0 Å². The van der Waals surface area contributed by atoms with E-state index in [0.29, 0.717) is 16.7 Å². The van der Waals surface area contributed by atoms with Crippen LogP contribution >= 0.6 is 11.6 Å². The number of nitrogens with zero attached hydrogens (tertiary/aromatic N) is 3. The van der Waals surface area contributed by atoms with E-state index in [1.165, 1.54) is 25.7 Å². The number of aromatic nitrogens is 2. The SMILES string of the molecule is Cc1ccc(Cl)c(Oc2cc(N3CCCCCC3)ncn2)c1. The Morgan fingerprint density at radius 1 is 1.05 bits per heavy atom. The topological polar surface area (TPSA) is 38.2 Å². The van der Waals surface area contributed by atoms with Crippen LogP contribution in [0, 0.1) is 6.92 Å². The molecule has 1 fully saturated rings. The van der Waals surface area contributed by atoms with Gasteiger partial charge >= 0.3 is 0 Å². The first-order chi connectivity index (χ1) is 10.7. The van der Waals surface area contributed by atoms with Gasteiger partial charge in [-0.2, -0.15) is 0 Å². The maximum Gasteiger partial charge on any atom is 0.224 e. The van der Waals surface area contributed by atoms with Gasteiger partial charge in [0, 0.05) is 19.2 Å². The molecule has 4 nitrogen and oxygen atoms in total. The summed E-state index contributed by atoms with van der Waals surface area (Å²) >= 11 is 6.18. The molecule has 1 aromatic heterocycles. The Morgan fingerprint density at radius 2 is 1.82 bits per heavy atom. The molecule has 0 saturated carbocycles. The summed E-state index contributed by atoms with van der Waals surface area (Å²) in [4.78, 5) is 10.9. The summed E-state index contributed by atoms with van der Waals surface area (Å²) < 4.78 is 5.84. The third-order valence-electron chi connectivity index (χ3n) is 3.86. The molecule has 1 saturated heterocycles. The molecular formula is C17H20ClN3O. The zero-order chi connectivity index (χ0) is 15.4. The molecule has 0 bridgehead atoms. The molecule has 1 aliphatic rings. The van der Waals surface area contributed by atoms with Crippen LogP contribution in [0.4, 0.5) is 5.82 Å². The van der Waals surface area contributed by atoms with E-state index in [9.17, 15) is 0 Å². The first kappa shape index (κ1) is 15.1. The quantitative estimate of drug-likeness (QED) is 0.828. The van der Waals surface area contributed by atoms with Gasteiger partial charge in [-0.3, -0.25) is 0 Å². The number of aryl methyl sites for hydroxylation is 1. The fourth-order valence-electron chi connectivity index (χ4n) is 2.66. The van der Waals surface area contributed by atoms with E-state index in [4.69, 9.17) is 16.3 Å². The van der Waals surface area contributed by atoms with Crippen LogP contribution in [0.3, 0.4) is 0 Å². The highest BCUT2D eigenvalue weighted by molar-refractivity contribution is 6.32. The van der Waals surface area contributed by atoms with E-state index in [0.717, 1.165) is 24.5 Å². The second-order valence-corrected chi connectivity index (χ2v) is 6.06. The molecule has 2 aromatic rings. The minimum absolute atomic E-state index is 0.529. The van der Waals surface area contributed by atoms with Crippen molar-refractivity contribution in [2.45, 2.75) is 32.6 Å². The van der Waals surface area contributed by atoms with Crippen molar-refractivity contribution in [1.82, 2.24) is 9.97 Å². The molecule has 0 radical (unpaired) electrons. The Morgan fingerprint density at radius 3 is 2.59 bits per heavy atom. The molecule has 0 N–H and O–H groups in total. The van der Waals surface area contributed by atoms with Gasteiger partial charge in [0.1, 0.15) is 17.9 Å². The predicted molar refractivity (Wildman–Crippen MR) is 89.0 cm³/mol. The average molecular weight is 318 g/mol. The monoisotopic (exact) mass is 317 g/mol. The molecule has 0 aliphatic carbocycles. The Hall–Kier alpha value is -1.81. The summed E-state index contributed by atoms with van der Waals surface area (Å²) in [5.41, 5.74) is 1.10. The van der Waals surface area contributed by atoms with Crippen LogP contribution in [0.1, 0.15) is 31.2 Å². The average Bonchev–Trinajstić information content (AvgIpc) is 2.80. The van der Waals surface area contributed by atoms with Gasteiger partial charge < -0.3 is 9.64 Å². The molecule has 0 spiro atoms. The lowest BCUT2D eigenvalue weighted by atomic mass is 10.2. The van der Waals surface area contributed by atoms with E-state index in [1.807, 2.05) is 31.2 Å². The fraction of sp³-hybridized carbons (Fsp3) is 0.412. The van der Waals surface area contributed by atoms with Gasteiger partial charge in [0.15, 0.2) is 0 Å². The van der Waals surface area contributed by atoms with Gasteiger partial charge in [0.2, 0.25) is 5.88 Å². The highest BCUT2D eigenvalue weighted by atomic mass is 35.5. The zero-order valence-corrected chi connectivity index (χ0v) is 13.5. The zero-order valence-electron chi connectivity index (χ0n) is 12.8. The molecule has 1 aliphatic heterocycles. The van der Waals surface area contributed by atoms with Crippen molar-refractivity contribution in [3.8, 4) is 11.6 Å².